The molecule has 1 unspecified atom stereocenters. The van der Waals surface area contributed by atoms with Crippen molar-refractivity contribution in [1.29, 1.82) is 0 Å². The average molecular weight is 173 g/mol. The molecule has 0 aliphatic carbocycles. The zero-order valence-electron chi connectivity index (χ0n) is 8.47. The third-order valence-electron chi connectivity index (χ3n) is 2.24. The van der Waals surface area contributed by atoms with Gasteiger partial charge in [0.05, 0.1) is 5.60 Å². The van der Waals surface area contributed by atoms with Crippen molar-refractivity contribution in [3.8, 4) is 0 Å². The van der Waals surface area contributed by atoms with Gasteiger partial charge < -0.3 is 10.8 Å². The smallest absolute Gasteiger partial charge is 0.0620 e. The molecule has 0 heterocycles. The van der Waals surface area contributed by atoms with Crippen LogP contribution in [0.1, 0.15) is 52.4 Å². The number of aliphatic hydroxyl groups is 1. The highest BCUT2D eigenvalue weighted by atomic mass is 16.3. The van der Waals surface area contributed by atoms with Gasteiger partial charge in [-0.25, -0.2) is 0 Å². The van der Waals surface area contributed by atoms with Gasteiger partial charge in [0, 0.05) is 0 Å². The fourth-order valence-corrected chi connectivity index (χ4v) is 1.36. The molecule has 0 aliphatic rings. The minimum Gasteiger partial charge on any atom is -0.390 e. The highest BCUT2D eigenvalue weighted by molar-refractivity contribution is 4.72. The maximum atomic E-state index is 9.82. The van der Waals surface area contributed by atoms with E-state index in [2.05, 4.69) is 6.92 Å². The average Bonchev–Trinajstić information content (AvgIpc) is 2.01. The van der Waals surface area contributed by atoms with E-state index in [9.17, 15) is 5.11 Å². The largest absolute Gasteiger partial charge is 0.390 e. The van der Waals surface area contributed by atoms with E-state index in [0.717, 1.165) is 25.7 Å². The van der Waals surface area contributed by atoms with Gasteiger partial charge in [0.15, 0.2) is 0 Å². The first kappa shape index (κ1) is 11.9. The Balaban J connectivity index is 3.42. The Morgan fingerprint density at radius 1 is 1.17 bits per heavy atom. The van der Waals surface area contributed by atoms with Gasteiger partial charge in [-0.1, -0.05) is 26.2 Å². The quantitative estimate of drug-likeness (QED) is 0.579. The summed E-state index contributed by atoms with van der Waals surface area (Å²) in [6.07, 6.45) is 6.26. The Hall–Kier alpha value is -0.0800. The molecule has 0 aromatic heterocycles. The molecule has 2 heteroatoms. The Labute approximate surface area is 76.2 Å². The van der Waals surface area contributed by atoms with Crippen LogP contribution in [-0.2, 0) is 0 Å². The zero-order valence-corrected chi connectivity index (χ0v) is 8.47. The lowest BCUT2D eigenvalue weighted by Crippen LogP contribution is -2.24. The summed E-state index contributed by atoms with van der Waals surface area (Å²) >= 11 is 0. The maximum absolute atomic E-state index is 9.82. The SMILES string of the molecule is CCCCCC(C)(O)CCCN. The molecule has 3 N–H and O–H groups in total. The fourth-order valence-electron chi connectivity index (χ4n) is 1.36. The van der Waals surface area contributed by atoms with E-state index >= 15 is 0 Å². The Morgan fingerprint density at radius 3 is 2.25 bits per heavy atom. The molecule has 0 fully saturated rings. The number of hydrogen-bond donors (Lipinski definition) is 2. The lowest BCUT2D eigenvalue weighted by molar-refractivity contribution is 0.0380. The Morgan fingerprint density at radius 2 is 1.75 bits per heavy atom. The van der Waals surface area contributed by atoms with Crippen LogP contribution in [0.2, 0.25) is 0 Å². The van der Waals surface area contributed by atoms with Crippen molar-refractivity contribution in [3.63, 3.8) is 0 Å². The fraction of sp³-hybridized carbons (Fsp3) is 1.00. The molecule has 12 heavy (non-hydrogen) atoms. The van der Waals surface area contributed by atoms with Gasteiger partial charge in [-0.05, 0) is 32.7 Å². The first-order valence-corrected chi connectivity index (χ1v) is 5.05. The van der Waals surface area contributed by atoms with Crippen LogP contribution in [0.4, 0.5) is 0 Å². The summed E-state index contributed by atoms with van der Waals surface area (Å²) in [7, 11) is 0. The van der Waals surface area contributed by atoms with Crippen molar-refractivity contribution in [1.82, 2.24) is 0 Å². The third-order valence-corrected chi connectivity index (χ3v) is 2.24. The van der Waals surface area contributed by atoms with E-state index < -0.39 is 5.60 Å². The van der Waals surface area contributed by atoms with Crippen molar-refractivity contribution in [2.45, 2.75) is 58.0 Å². The first-order chi connectivity index (χ1) is 5.62. The maximum Gasteiger partial charge on any atom is 0.0620 e. The van der Waals surface area contributed by atoms with Crippen LogP contribution in [0, 0.1) is 0 Å². The van der Waals surface area contributed by atoms with Crippen molar-refractivity contribution >= 4 is 0 Å². The molecular weight excluding hydrogens is 150 g/mol. The van der Waals surface area contributed by atoms with Gasteiger partial charge in [-0.15, -0.1) is 0 Å². The number of hydrogen-bond acceptors (Lipinski definition) is 2. The normalized spacial score (nSPS) is 16.0. The summed E-state index contributed by atoms with van der Waals surface area (Å²) in [6.45, 7) is 4.77. The second-order valence-electron chi connectivity index (χ2n) is 3.85. The van der Waals surface area contributed by atoms with Crippen LogP contribution in [0.5, 0.6) is 0 Å². The molecule has 0 saturated carbocycles. The second kappa shape index (κ2) is 6.44. The molecule has 0 aliphatic heterocycles. The van der Waals surface area contributed by atoms with Crippen molar-refractivity contribution in [3.05, 3.63) is 0 Å². The molecule has 0 bridgehead atoms. The standard InChI is InChI=1S/C10H23NO/c1-3-4-5-7-10(2,12)8-6-9-11/h12H,3-9,11H2,1-2H3. The molecule has 0 aromatic rings. The molecule has 74 valence electrons. The molecule has 2 nitrogen and oxygen atoms in total. The number of nitrogens with two attached hydrogens (primary N) is 1. The minimum absolute atomic E-state index is 0.478. The molecule has 0 saturated heterocycles. The number of rotatable bonds is 7. The van der Waals surface area contributed by atoms with Crippen LogP contribution >= 0.6 is 0 Å². The van der Waals surface area contributed by atoms with Gasteiger partial charge >= 0.3 is 0 Å². The monoisotopic (exact) mass is 173 g/mol. The molecular formula is C10H23NO. The predicted octanol–water partition coefficient (Wildman–Crippen LogP) is 2.06. The summed E-state index contributed by atoms with van der Waals surface area (Å²) in [5, 5.41) is 9.82. The minimum atomic E-state index is -0.478. The molecule has 1 atom stereocenters. The lowest BCUT2D eigenvalue weighted by atomic mass is 9.93. The van der Waals surface area contributed by atoms with Gasteiger partial charge in [0.1, 0.15) is 0 Å². The van der Waals surface area contributed by atoms with Crippen LogP contribution in [-0.4, -0.2) is 17.3 Å². The van der Waals surface area contributed by atoms with Crippen molar-refractivity contribution in [2.24, 2.45) is 5.73 Å². The highest BCUT2D eigenvalue weighted by Crippen LogP contribution is 2.19. The zero-order chi connectivity index (χ0) is 9.45. The van der Waals surface area contributed by atoms with E-state index in [-0.39, 0.29) is 0 Å². The topological polar surface area (TPSA) is 46.2 Å². The molecule has 0 spiro atoms. The molecule has 0 radical (unpaired) electrons. The van der Waals surface area contributed by atoms with Crippen molar-refractivity contribution in [2.75, 3.05) is 6.54 Å². The van der Waals surface area contributed by atoms with E-state index in [1.54, 1.807) is 0 Å². The summed E-state index contributed by atoms with van der Waals surface area (Å²) in [5.74, 6) is 0. The Kier molecular flexibility index (Phi) is 6.39. The predicted molar refractivity (Wildman–Crippen MR) is 53.1 cm³/mol. The van der Waals surface area contributed by atoms with E-state index in [0.29, 0.717) is 6.54 Å². The van der Waals surface area contributed by atoms with E-state index in [1.165, 1.54) is 12.8 Å². The van der Waals surface area contributed by atoms with Gasteiger partial charge in [-0.3, -0.25) is 0 Å². The Bertz CT molecular complexity index is 102. The van der Waals surface area contributed by atoms with Crippen LogP contribution in [0.3, 0.4) is 0 Å². The van der Waals surface area contributed by atoms with Gasteiger partial charge in [0.2, 0.25) is 0 Å². The highest BCUT2D eigenvalue weighted by Gasteiger charge is 2.18. The molecule has 0 rings (SSSR count). The van der Waals surface area contributed by atoms with Crippen LogP contribution in [0.15, 0.2) is 0 Å². The summed E-state index contributed by atoms with van der Waals surface area (Å²) in [4.78, 5) is 0. The van der Waals surface area contributed by atoms with Gasteiger partial charge in [-0.2, -0.15) is 0 Å². The summed E-state index contributed by atoms with van der Waals surface area (Å²) in [6, 6.07) is 0. The van der Waals surface area contributed by atoms with E-state index in [1.807, 2.05) is 6.92 Å². The lowest BCUT2D eigenvalue weighted by Gasteiger charge is -2.22. The third kappa shape index (κ3) is 6.62. The van der Waals surface area contributed by atoms with E-state index in [4.69, 9.17) is 5.73 Å². The van der Waals surface area contributed by atoms with Crippen LogP contribution in [0.25, 0.3) is 0 Å². The second-order valence-corrected chi connectivity index (χ2v) is 3.85. The number of unbranched alkanes of at least 4 members (excludes halogenated alkanes) is 2. The van der Waals surface area contributed by atoms with Gasteiger partial charge in [0.25, 0.3) is 0 Å². The summed E-state index contributed by atoms with van der Waals surface area (Å²) in [5.41, 5.74) is 4.90. The van der Waals surface area contributed by atoms with Crippen LogP contribution < -0.4 is 5.73 Å². The van der Waals surface area contributed by atoms with Crippen molar-refractivity contribution < 1.29 is 5.11 Å². The molecule has 0 aromatic carbocycles. The molecule has 0 amide bonds. The first-order valence-electron chi connectivity index (χ1n) is 5.05. The summed E-state index contributed by atoms with van der Waals surface area (Å²) < 4.78 is 0.